The van der Waals surface area contributed by atoms with Crippen molar-refractivity contribution >= 4 is 22.6 Å². The third-order valence-electron chi connectivity index (χ3n) is 3.50. The molecular formula is C16H13N5OS. The Bertz CT molecular complexity index is 948. The predicted octanol–water partition coefficient (Wildman–Crippen LogP) is 3.01. The van der Waals surface area contributed by atoms with E-state index in [2.05, 4.69) is 19.4 Å². The molecule has 3 heterocycles. The van der Waals surface area contributed by atoms with Crippen molar-refractivity contribution in [3.63, 3.8) is 0 Å². The molecule has 23 heavy (non-hydrogen) atoms. The number of benzene rings is 1. The van der Waals surface area contributed by atoms with Gasteiger partial charge in [0.1, 0.15) is 11.4 Å². The normalized spacial score (nSPS) is 11.0. The number of aromatic nitrogens is 5. The van der Waals surface area contributed by atoms with Gasteiger partial charge in [-0.15, -0.1) is 0 Å². The van der Waals surface area contributed by atoms with Crippen molar-refractivity contribution in [1.29, 1.82) is 0 Å². The number of hydrogen-bond acceptors (Lipinski definition) is 6. The molecule has 0 spiro atoms. The lowest BCUT2D eigenvalue weighted by Crippen LogP contribution is -2.02. The van der Waals surface area contributed by atoms with E-state index in [9.17, 15) is 0 Å². The summed E-state index contributed by atoms with van der Waals surface area (Å²) in [7, 11) is 1.67. The van der Waals surface area contributed by atoms with Crippen LogP contribution in [0.5, 0.6) is 5.75 Å². The Morgan fingerprint density at radius 2 is 2.13 bits per heavy atom. The average Bonchev–Trinajstić information content (AvgIpc) is 3.23. The molecule has 4 aromatic rings. The number of ether oxygens (including phenoxy) is 1. The lowest BCUT2D eigenvalue weighted by molar-refractivity contribution is 0.407. The summed E-state index contributed by atoms with van der Waals surface area (Å²) >= 11 is 1.38. The van der Waals surface area contributed by atoms with E-state index in [1.807, 2.05) is 46.6 Å². The molecule has 0 fully saturated rings. The quantitative estimate of drug-likeness (QED) is 0.577. The minimum absolute atomic E-state index is 0.598. The smallest absolute Gasteiger partial charge is 0.184 e. The van der Waals surface area contributed by atoms with Gasteiger partial charge >= 0.3 is 0 Å². The predicted molar refractivity (Wildman–Crippen MR) is 88.5 cm³/mol. The Balaban J connectivity index is 1.69. The third kappa shape index (κ3) is 2.66. The minimum atomic E-state index is 0.598. The van der Waals surface area contributed by atoms with E-state index in [1.165, 1.54) is 11.5 Å². The maximum Gasteiger partial charge on any atom is 0.184 e. The van der Waals surface area contributed by atoms with Crippen molar-refractivity contribution in [3.05, 3.63) is 53.7 Å². The number of para-hydroxylation sites is 1. The molecule has 0 aliphatic heterocycles. The Hall–Kier alpha value is -2.80. The van der Waals surface area contributed by atoms with Crippen LogP contribution in [0.1, 0.15) is 5.56 Å². The zero-order valence-corrected chi connectivity index (χ0v) is 13.2. The van der Waals surface area contributed by atoms with E-state index < -0.39 is 0 Å². The standard InChI is InChI=1S/C16H13N5OS/c1-22-14-5-3-2-4-11(14)9-21-10-12-8-17-16(18-15(12)19-21)13-6-7-23-20-13/h2-8,10H,9H2,1H3. The zero-order chi connectivity index (χ0) is 15.6. The maximum absolute atomic E-state index is 5.38. The highest BCUT2D eigenvalue weighted by Crippen LogP contribution is 2.20. The second-order valence-corrected chi connectivity index (χ2v) is 5.66. The van der Waals surface area contributed by atoms with Gasteiger partial charge < -0.3 is 4.74 Å². The van der Waals surface area contributed by atoms with E-state index >= 15 is 0 Å². The maximum atomic E-state index is 5.38. The number of nitrogens with zero attached hydrogens (tertiary/aromatic N) is 5. The van der Waals surface area contributed by atoms with E-state index in [0.29, 0.717) is 18.0 Å². The summed E-state index contributed by atoms with van der Waals surface area (Å²) in [5, 5.41) is 7.35. The summed E-state index contributed by atoms with van der Waals surface area (Å²) in [6, 6.07) is 9.81. The van der Waals surface area contributed by atoms with Crippen LogP contribution < -0.4 is 4.74 Å². The van der Waals surface area contributed by atoms with Crippen LogP contribution in [-0.4, -0.2) is 31.2 Å². The molecule has 6 nitrogen and oxygen atoms in total. The fourth-order valence-corrected chi connectivity index (χ4v) is 2.91. The highest BCUT2D eigenvalue weighted by Gasteiger charge is 2.09. The number of fused-ring (bicyclic) bond motifs is 1. The number of rotatable bonds is 4. The lowest BCUT2D eigenvalue weighted by Gasteiger charge is -2.07. The summed E-state index contributed by atoms with van der Waals surface area (Å²) in [5.74, 6) is 1.45. The monoisotopic (exact) mass is 323 g/mol. The lowest BCUT2D eigenvalue weighted by atomic mass is 10.2. The fourth-order valence-electron chi connectivity index (χ4n) is 2.40. The van der Waals surface area contributed by atoms with Gasteiger partial charge in [-0.3, -0.25) is 4.68 Å². The minimum Gasteiger partial charge on any atom is -0.496 e. The Labute approximate surface area is 136 Å². The van der Waals surface area contributed by atoms with Crippen LogP contribution in [0.2, 0.25) is 0 Å². The van der Waals surface area contributed by atoms with Crippen LogP contribution >= 0.6 is 11.5 Å². The molecule has 0 unspecified atom stereocenters. The molecule has 0 N–H and O–H groups in total. The fraction of sp³-hybridized carbons (Fsp3) is 0.125. The Morgan fingerprint density at radius 3 is 2.96 bits per heavy atom. The van der Waals surface area contributed by atoms with Crippen LogP contribution in [-0.2, 0) is 6.54 Å². The van der Waals surface area contributed by atoms with Crippen LogP contribution in [0.25, 0.3) is 22.6 Å². The van der Waals surface area contributed by atoms with Crippen LogP contribution in [0.15, 0.2) is 48.1 Å². The first-order valence-corrected chi connectivity index (χ1v) is 7.90. The van der Waals surface area contributed by atoms with Gasteiger partial charge in [0.15, 0.2) is 11.5 Å². The molecule has 0 bridgehead atoms. The van der Waals surface area contributed by atoms with Crippen molar-refractivity contribution in [2.24, 2.45) is 0 Å². The highest BCUT2D eigenvalue weighted by molar-refractivity contribution is 7.03. The first-order valence-electron chi connectivity index (χ1n) is 7.06. The van der Waals surface area contributed by atoms with Gasteiger partial charge in [0, 0.05) is 23.3 Å². The van der Waals surface area contributed by atoms with Gasteiger partial charge in [-0.05, 0) is 23.7 Å². The molecule has 0 radical (unpaired) electrons. The molecule has 1 aromatic carbocycles. The summed E-state index contributed by atoms with van der Waals surface area (Å²) in [4.78, 5) is 8.85. The third-order valence-corrected chi connectivity index (χ3v) is 4.06. The van der Waals surface area contributed by atoms with Crippen LogP contribution in [0, 0.1) is 0 Å². The van der Waals surface area contributed by atoms with Crippen LogP contribution in [0.4, 0.5) is 0 Å². The Kier molecular flexibility index (Phi) is 3.47. The molecule has 114 valence electrons. The van der Waals surface area contributed by atoms with E-state index in [0.717, 1.165) is 22.4 Å². The first-order chi connectivity index (χ1) is 11.3. The van der Waals surface area contributed by atoms with Crippen molar-refractivity contribution in [2.75, 3.05) is 7.11 Å². The topological polar surface area (TPSA) is 65.7 Å². The van der Waals surface area contributed by atoms with Gasteiger partial charge in [0.05, 0.1) is 19.0 Å². The summed E-state index contributed by atoms with van der Waals surface area (Å²) < 4.78 is 11.5. The molecule has 0 saturated carbocycles. The summed E-state index contributed by atoms with van der Waals surface area (Å²) in [6.07, 6.45) is 3.72. The van der Waals surface area contributed by atoms with Crippen molar-refractivity contribution in [3.8, 4) is 17.3 Å². The molecule has 0 aliphatic carbocycles. The molecule has 3 aromatic heterocycles. The van der Waals surface area contributed by atoms with Crippen molar-refractivity contribution < 1.29 is 4.74 Å². The van der Waals surface area contributed by atoms with Crippen molar-refractivity contribution in [1.82, 2.24) is 24.1 Å². The second kappa shape index (κ2) is 5.77. The van der Waals surface area contributed by atoms with Gasteiger partial charge in [-0.2, -0.15) is 9.47 Å². The molecule has 7 heteroatoms. The largest absolute Gasteiger partial charge is 0.496 e. The highest BCUT2D eigenvalue weighted by atomic mass is 32.1. The van der Waals surface area contributed by atoms with Gasteiger partial charge in [0.2, 0.25) is 0 Å². The molecule has 0 atom stereocenters. The van der Waals surface area contributed by atoms with Gasteiger partial charge in [-0.1, -0.05) is 18.2 Å². The van der Waals surface area contributed by atoms with E-state index in [1.54, 1.807) is 13.3 Å². The van der Waals surface area contributed by atoms with Crippen LogP contribution in [0.3, 0.4) is 0 Å². The molecule has 4 rings (SSSR count). The summed E-state index contributed by atoms with van der Waals surface area (Å²) in [5.41, 5.74) is 2.50. The molecule has 0 saturated heterocycles. The van der Waals surface area contributed by atoms with E-state index in [4.69, 9.17) is 4.74 Å². The molecule has 0 aliphatic rings. The van der Waals surface area contributed by atoms with Gasteiger partial charge in [0.25, 0.3) is 0 Å². The first kappa shape index (κ1) is 13.8. The molecular weight excluding hydrogens is 310 g/mol. The van der Waals surface area contributed by atoms with Crippen molar-refractivity contribution in [2.45, 2.75) is 6.54 Å². The second-order valence-electron chi connectivity index (χ2n) is 5.00. The van der Waals surface area contributed by atoms with Gasteiger partial charge in [-0.25, -0.2) is 9.97 Å². The molecule has 0 amide bonds. The van der Waals surface area contributed by atoms with E-state index in [-0.39, 0.29) is 0 Å². The summed E-state index contributed by atoms with van der Waals surface area (Å²) in [6.45, 7) is 0.617. The number of methoxy groups -OCH3 is 1. The average molecular weight is 323 g/mol. The SMILES string of the molecule is COc1ccccc1Cn1cc2cnc(-c3ccsn3)nc2n1. The Morgan fingerprint density at radius 1 is 1.22 bits per heavy atom. The zero-order valence-electron chi connectivity index (χ0n) is 12.4. The number of hydrogen-bond donors (Lipinski definition) is 0.